The number of aromatic nitrogens is 2. The maximum Gasteiger partial charge on any atom is 0.275 e. The van der Waals surface area contributed by atoms with Crippen molar-refractivity contribution in [3.8, 4) is 0 Å². The molecule has 24 heavy (non-hydrogen) atoms. The van der Waals surface area contributed by atoms with Gasteiger partial charge in [-0.25, -0.2) is 18.7 Å². The fraction of sp³-hybridized carbons (Fsp3) is 0.0625. The molecule has 0 aliphatic heterocycles. The van der Waals surface area contributed by atoms with Crippen LogP contribution >= 0.6 is 0 Å². The molecule has 0 saturated carbocycles. The number of carbonyl (C=O) groups is 1. The summed E-state index contributed by atoms with van der Waals surface area (Å²) in [6.45, 7) is 0.433. The highest BCUT2D eigenvalue weighted by atomic mass is 19.2. The Bertz CT molecular complexity index is 836. The Hall–Kier alpha value is -3.29. The highest BCUT2D eigenvalue weighted by Gasteiger charge is 2.10. The Balaban J connectivity index is 1.61. The number of carbonyl (C=O) groups excluding carboxylic acids is 1. The largest absolute Gasteiger partial charge is 0.467 e. The maximum absolute atomic E-state index is 13.1. The zero-order chi connectivity index (χ0) is 16.9. The summed E-state index contributed by atoms with van der Waals surface area (Å²) in [5.41, 5.74) is 0.170. The van der Waals surface area contributed by atoms with Crippen molar-refractivity contribution >= 4 is 17.4 Å². The van der Waals surface area contributed by atoms with Crippen LogP contribution < -0.4 is 10.6 Å². The van der Waals surface area contributed by atoms with Gasteiger partial charge < -0.3 is 15.1 Å². The molecule has 0 aliphatic rings. The van der Waals surface area contributed by atoms with Crippen LogP contribution in [-0.2, 0) is 6.54 Å². The first-order valence-electron chi connectivity index (χ1n) is 6.96. The van der Waals surface area contributed by atoms with Gasteiger partial charge in [0.05, 0.1) is 25.2 Å². The molecule has 1 aromatic carbocycles. The lowest BCUT2D eigenvalue weighted by atomic mass is 10.3. The van der Waals surface area contributed by atoms with E-state index in [2.05, 4.69) is 20.6 Å². The van der Waals surface area contributed by atoms with Gasteiger partial charge in [-0.05, 0) is 24.3 Å². The van der Waals surface area contributed by atoms with Crippen molar-refractivity contribution in [1.29, 1.82) is 0 Å². The van der Waals surface area contributed by atoms with Gasteiger partial charge in [-0.3, -0.25) is 4.79 Å². The van der Waals surface area contributed by atoms with E-state index < -0.39 is 17.5 Å². The van der Waals surface area contributed by atoms with Gasteiger partial charge in [0.25, 0.3) is 5.91 Å². The summed E-state index contributed by atoms with van der Waals surface area (Å²) in [5, 5.41) is 5.40. The highest BCUT2D eigenvalue weighted by Crippen LogP contribution is 2.14. The molecule has 0 aliphatic carbocycles. The molecule has 2 aromatic heterocycles. The first-order valence-corrected chi connectivity index (χ1v) is 6.96. The lowest BCUT2D eigenvalue weighted by Gasteiger charge is -2.06. The zero-order valence-electron chi connectivity index (χ0n) is 12.3. The summed E-state index contributed by atoms with van der Waals surface area (Å²) in [7, 11) is 0. The van der Waals surface area contributed by atoms with Gasteiger partial charge in [-0.15, -0.1) is 0 Å². The van der Waals surface area contributed by atoms with Crippen LogP contribution in [0.3, 0.4) is 0 Å². The Morgan fingerprint density at radius 2 is 2.00 bits per heavy atom. The molecule has 0 unspecified atom stereocenters. The van der Waals surface area contributed by atoms with Gasteiger partial charge in [-0.2, -0.15) is 0 Å². The second-order valence-electron chi connectivity index (χ2n) is 4.80. The SMILES string of the molecule is O=C(Nc1ccc(F)c(F)c1)c1cnc(NCc2ccco2)cn1. The average Bonchev–Trinajstić information content (AvgIpc) is 3.10. The quantitative estimate of drug-likeness (QED) is 0.751. The van der Waals surface area contributed by atoms with Crippen LogP contribution in [0.1, 0.15) is 16.2 Å². The molecule has 122 valence electrons. The highest BCUT2D eigenvalue weighted by molar-refractivity contribution is 6.02. The van der Waals surface area contributed by atoms with Gasteiger partial charge in [0, 0.05) is 11.8 Å². The van der Waals surface area contributed by atoms with E-state index >= 15 is 0 Å². The molecule has 1 amide bonds. The number of furan rings is 1. The standard InChI is InChI=1S/C16H12F2N4O2/c17-12-4-3-10(6-13(12)18)22-16(23)14-8-21-15(9-19-14)20-7-11-2-1-5-24-11/h1-6,8-9H,7H2,(H,20,21)(H,22,23). The molecule has 0 radical (unpaired) electrons. The second kappa shape index (κ2) is 6.86. The smallest absolute Gasteiger partial charge is 0.275 e. The molecule has 0 atom stereocenters. The Morgan fingerprint density at radius 1 is 1.12 bits per heavy atom. The molecule has 0 saturated heterocycles. The molecular formula is C16H12F2N4O2. The molecule has 3 aromatic rings. The van der Waals surface area contributed by atoms with Crippen molar-refractivity contribution in [2.45, 2.75) is 6.54 Å². The summed E-state index contributed by atoms with van der Waals surface area (Å²) < 4.78 is 31.1. The van der Waals surface area contributed by atoms with E-state index in [9.17, 15) is 13.6 Å². The van der Waals surface area contributed by atoms with Crippen LogP contribution in [0.5, 0.6) is 0 Å². The first kappa shape index (κ1) is 15.6. The van der Waals surface area contributed by atoms with E-state index in [1.807, 2.05) is 6.07 Å². The number of nitrogens with one attached hydrogen (secondary N) is 2. The van der Waals surface area contributed by atoms with Gasteiger partial charge in [0.15, 0.2) is 11.6 Å². The monoisotopic (exact) mass is 330 g/mol. The number of halogens is 2. The number of benzene rings is 1. The molecule has 2 N–H and O–H groups in total. The third-order valence-electron chi connectivity index (χ3n) is 3.09. The lowest BCUT2D eigenvalue weighted by molar-refractivity contribution is 0.102. The summed E-state index contributed by atoms with van der Waals surface area (Å²) >= 11 is 0. The molecule has 6 nitrogen and oxygen atoms in total. The minimum Gasteiger partial charge on any atom is -0.467 e. The van der Waals surface area contributed by atoms with E-state index in [-0.39, 0.29) is 11.4 Å². The normalized spacial score (nSPS) is 10.4. The summed E-state index contributed by atoms with van der Waals surface area (Å²) in [4.78, 5) is 20.0. The van der Waals surface area contributed by atoms with Gasteiger partial charge in [0.1, 0.15) is 17.3 Å². The minimum atomic E-state index is -1.05. The number of hydrogen-bond donors (Lipinski definition) is 2. The zero-order valence-corrected chi connectivity index (χ0v) is 12.3. The average molecular weight is 330 g/mol. The lowest BCUT2D eigenvalue weighted by Crippen LogP contribution is -2.14. The minimum absolute atomic E-state index is 0.0447. The maximum atomic E-state index is 13.1. The van der Waals surface area contributed by atoms with Gasteiger partial charge in [-0.1, -0.05) is 0 Å². The van der Waals surface area contributed by atoms with Gasteiger partial charge in [0.2, 0.25) is 0 Å². The molecule has 8 heteroatoms. The van der Waals surface area contributed by atoms with Gasteiger partial charge >= 0.3 is 0 Å². The molecule has 0 fully saturated rings. The predicted octanol–water partition coefficient (Wildman–Crippen LogP) is 3.21. The van der Waals surface area contributed by atoms with Crippen molar-refractivity contribution in [2.24, 2.45) is 0 Å². The van der Waals surface area contributed by atoms with Crippen molar-refractivity contribution in [3.05, 3.63) is 72.1 Å². The molecular weight excluding hydrogens is 318 g/mol. The van der Waals surface area contributed by atoms with E-state index in [0.717, 1.165) is 17.9 Å². The summed E-state index contributed by atoms with van der Waals surface area (Å²) in [6, 6.07) is 6.65. The first-order chi connectivity index (χ1) is 11.6. The van der Waals surface area contributed by atoms with Crippen molar-refractivity contribution in [3.63, 3.8) is 0 Å². The fourth-order valence-corrected chi connectivity index (χ4v) is 1.90. The van der Waals surface area contributed by atoms with E-state index in [1.54, 1.807) is 12.3 Å². The van der Waals surface area contributed by atoms with Crippen LogP contribution in [-0.4, -0.2) is 15.9 Å². The number of amides is 1. The predicted molar refractivity (Wildman–Crippen MR) is 82.4 cm³/mol. The Morgan fingerprint density at radius 3 is 2.67 bits per heavy atom. The van der Waals surface area contributed by atoms with Crippen molar-refractivity contribution < 1.29 is 18.0 Å². The molecule has 3 rings (SSSR count). The third kappa shape index (κ3) is 3.72. The van der Waals surface area contributed by atoms with Crippen LogP contribution in [0.15, 0.2) is 53.4 Å². The number of hydrogen-bond acceptors (Lipinski definition) is 5. The van der Waals surface area contributed by atoms with Crippen LogP contribution in [0, 0.1) is 11.6 Å². The molecule has 2 heterocycles. The van der Waals surface area contributed by atoms with Crippen molar-refractivity contribution in [1.82, 2.24) is 9.97 Å². The molecule has 0 bridgehead atoms. The van der Waals surface area contributed by atoms with E-state index in [1.165, 1.54) is 18.5 Å². The number of rotatable bonds is 5. The van der Waals surface area contributed by atoms with E-state index in [4.69, 9.17) is 4.42 Å². The van der Waals surface area contributed by atoms with Crippen LogP contribution in [0.4, 0.5) is 20.3 Å². The fourth-order valence-electron chi connectivity index (χ4n) is 1.90. The Labute approximate surface area is 135 Å². The number of anilines is 2. The summed E-state index contributed by atoms with van der Waals surface area (Å²) in [5.74, 6) is -1.41. The summed E-state index contributed by atoms with van der Waals surface area (Å²) in [6.07, 6.45) is 4.23. The number of nitrogens with zero attached hydrogens (tertiary/aromatic N) is 2. The van der Waals surface area contributed by atoms with E-state index in [0.29, 0.717) is 12.4 Å². The topological polar surface area (TPSA) is 80.0 Å². The molecule has 0 spiro atoms. The third-order valence-corrected chi connectivity index (χ3v) is 3.09. The Kier molecular flexibility index (Phi) is 4.46. The second-order valence-corrected chi connectivity index (χ2v) is 4.80. The van der Waals surface area contributed by atoms with Crippen LogP contribution in [0.25, 0.3) is 0 Å². The van der Waals surface area contributed by atoms with Crippen molar-refractivity contribution in [2.75, 3.05) is 10.6 Å². The van der Waals surface area contributed by atoms with Crippen LogP contribution in [0.2, 0.25) is 0 Å².